The van der Waals surface area contributed by atoms with Gasteiger partial charge >= 0.3 is 5.97 Å². The van der Waals surface area contributed by atoms with E-state index >= 15 is 0 Å². The number of carboxylic acid groups (broad SMARTS) is 1. The third-order valence-corrected chi connectivity index (χ3v) is 4.98. The normalized spacial score (nSPS) is 25.1. The van der Waals surface area contributed by atoms with Crippen LogP contribution in [0.25, 0.3) is 0 Å². The van der Waals surface area contributed by atoms with Crippen molar-refractivity contribution >= 4 is 21.6 Å². The van der Waals surface area contributed by atoms with Gasteiger partial charge in [-0.3, -0.25) is 9.59 Å². The number of rotatable bonds is 6. The Labute approximate surface area is 106 Å². The summed E-state index contributed by atoms with van der Waals surface area (Å²) in [6, 6.07) is 0. The van der Waals surface area contributed by atoms with E-state index in [2.05, 4.69) is 0 Å². The molecule has 6 nitrogen and oxygen atoms in total. The molecule has 18 heavy (non-hydrogen) atoms. The first-order valence-corrected chi connectivity index (χ1v) is 7.71. The Balaban J connectivity index is 2.82. The summed E-state index contributed by atoms with van der Waals surface area (Å²) < 4.78 is 28.2. The summed E-state index contributed by atoms with van der Waals surface area (Å²) in [5, 5.41) is 9.19. The number of sulfone groups is 1. The standard InChI is InChI=1S/C11H18O6S/c1-2-6-18(15,16)7-4-11(10(13)14)8-17-5-3-9(11)12/h2-8H2,1H3,(H,13,14). The third-order valence-electron chi connectivity index (χ3n) is 3.12. The van der Waals surface area contributed by atoms with Crippen LogP contribution < -0.4 is 0 Å². The molecule has 0 aliphatic carbocycles. The number of hydrogen-bond acceptors (Lipinski definition) is 5. The number of carbonyl (C=O) groups excluding carboxylic acids is 1. The molecule has 0 aromatic carbocycles. The molecule has 0 bridgehead atoms. The zero-order valence-corrected chi connectivity index (χ0v) is 11.2. The number of carboxylic acids is 1. The predicted molar refractivity (Wildman–Crippen MR) is 64.1 cm³/mol. The molecule has 0 radical (unpaired) electrons. The summed E-state index contributed by atoms with van der Waals surface area (Å²) in [5.41, 5.74) is -1.68. The summed E-state index contributed by atoms with van der Waals surface area (Å²) >= 11 is 0. The number of carbonyl (C=O) groups is 2. The van der Waals surface area contributed by atoms with Gasteiger partial charge in [0.25, 0.3) is 0 Å². The maximum absolute atomic E-state index is 11.8. The fraction of sp³-hybridized carbons (Fsp3) is 0.818. The molecule has 1 rings (SSSR count). The average Bonchev–Trinajstić information content (AvgIpc) is 2.28. The molecule has 1 saturated heterocycles. The molecule has 0 aromatic heterocycles. The minimum atomic E-state index is -3.30. The Morgan fingerprint density at radius 1 is 1.44 bits per heavy atom. The van der Waals surface area contributed by atoms with Crippen LogP contribution >= 0.6 is 0 Å². The van der Waals surface area contributed by atoms with Gasteiger partial charge in [-0.1, -0.05) is 6.92 Å². The van der Waals surface area contributed by atoms with E-state index < -0.39 is 27.0 Å². The second-order valence-corrected chi connectivity index (χ2v) is 6.82. The summed E-state index contributed by atoms with van der Waals surface area (Å²) in [6.45, 7) is 1.71. The van der Waals surface area contributed by atoms with Crippen molar-refractivity contribution in [3.8, 4) is 0 Å². The first-order chi connectivity index (χ1) is 8.34. The summed E-state index contributed by atoms with van der Waals surface area (Å²) in [7, 11) is -3.30. The highest BCUT2D eigenvalue weighted by molar-refractivity contribution is 7.91. The van der Waals surface area contributed by atoms with Gasteiger partial charge in [-0.05, 0) is 12.8 Å². The topological polar surface area (TPSA) is 97.7 Å². The first kappa shape index (κ1) is 15.1. The zero-order valence-electron chi connectivity index (χ0n) is 10.3. The van der Waals surface area contributed by atoms with E-state index in [4.69, 9.17) is 4.74 Å². The molecular weight excluding hydrogens is 260 g/mol. The Bertz CT molecular complexity index is 427. The predicted octanol–water partition coefficient (Wildman–Crippen LogP) is 0.262. The Morgan fingerprint density at radius 2 is 2.11 bits per heavy atom. The van der Waals surface area contributed by atoms with E-state index in [0.29, 0.717) is 6.42 Å². The Morgan fingerprint density at radius 3 is 2.61 bits per heavy atom. The number of ether oxygens (including phenoxy) is 1. The molecule has 1 atom stereocenters. The molecule has 104 valence electrons. The van der Waals surface area contributed by atoms with E-state index in [9.17, 15) is 23.1 Å². The zero-order chi connectivity index (χ0) is 13.8. The third kappa shape index (κ3) is 3.29. The van der Waals surface area contributed by atoms with Crippen LogP contribution in [0.15, 0.2) is 0 Å². The number of aliphatic carboxylic acids is 1. The van der Waals surface area contributed by atoms with Crippen molar-refractivity contribution in [2.24, 2.45) is 5.41 Å². The summed E-state index contributed by atoms with van der Waals surface area (Å²) in [6.07, 6.45) is 0.302. The van der Waals surface area contributed by atoms with Crippen molar-refractivity contribution in [2.75, 3.05) is 24.7 Å². The van der Waals surface area contributed by atoms with Crippen LogP contribution in [0.2, 0.25) is 0 Å². The lowest BCUT2D eigenvalue weighted by molar-refractivity contribution is -0.164. The van der Waals surface area contributed by atoms with Crippen LogP contribution in [-0.2, 0) is 24.2 Å². The molecule has 0 amide bonds. The maximum Gasteiger partial charge on any atom is 0.319 e. The quantitative estimate of drug-likeness (QED) is 0.700. The molecule has 1 aliphatic heterocycles. The van der Waals surface area contributed by atoms with Crippen molar-refractivity contribution in [1.29, 1.82) is 0 Å². The average molecular weight is 278 g/mol. The molecular formula is C11H18O6S. The van der Waals surface area contributed by atoms with Gasteiger partial charge in [0.1, 0.15) is 9.84 Å². The minimum Gasteiger partial charge on any atom is -0.480 e. The van der Waals surface area contributed by atoms with Gasteiger partial charge in [-0.25, -0.2) is 8.42 Å². The SMILES string of the molecule is CCCS(=O)(=O)CCC1(C(=O)O)COCCC1=O. The van der Waals surface area contributed by atoms with Gasteiger partial charge in [0.15, 0.2) is 11.2 Å². The van der Waals surface area contributed by atoms with Crippen molar-refractivity contribution in [1.82, 2.24) is 0 Å². The number of Topliss-reactive ketones (excluding diaryl/α,β-unsaturated/α-hetero) is 1. The second kappa shape index (κ2) is 5.79. The van der Waals surface area contributed by atoms with Crippen LogP contribution in [0, 0.1) is 5.41 Å². The highest BCUT2D eigenvalue weighted by Crippen LogP contribution is 2.30. The van der Waals surface area contributed by atoms with Crippen molar-refractivity contribution < 1.29 is 27.9 Å². The molecule has 0 saturated carbocycles. The first-order valence-electron chi connectivity index (χ1n) is 5.89. The van der Waals surface area contributed by atoms with Crippen molar-refractivity contribution in [3.05, 3.63) is 0 Å². The lowest BCUT2D eigenvalue weighted by Gasteiger charge is -2.31. The molecule has 1 heterocycles. The molecule has 1 N–H and O–H groups in total. The summed E-state index contributed by atoms with van der Waals surface area (Å²) in [4.78, 5) is 23.0. The van der Waals surface area contributed by atoms with E-state index in [1.165, 1.54) is 0 Å². The van der Waals surface area contributed by atoms with Gasteiger partial charge in [0.05, 0.1) is 19.0 Å². The maximum atomic E-state index is 11.8. The Hall–Kier alpha value is -0.950. The highest BCUT2D eigenvalue weighted by atomic mass is 32.2. The van der Waals surface area contributed by atoms with Gasteiger partial charge < -0.3 is 9.84 Å². The monoisotopic (exact) mass is 278 g/mol. The largest absolute Gasteiger partial charge is 0.480 e. The molecule has 1 fully saturated rings. The number of ketones is 1. The van der Waals surface area contributed by atoms with Gasteiger partial charge in [0, 0.05) is 12.2 Å². The molecule has 0 aromatic rings. The van der Waals surface area contributed by atoms with Crippen LogP contribution in [-0.4, -0.2) is 50.0 Å². The molecule has 0 spiro atoms. The highest BCUT2D eigenvalue weighted by Gasteiger charge is 2.48. The van der Waals surface area contributed by atoms with Gasteiger partial charge in [0.2, 0.25) is 0 Å². The fourth-order valence-corrected chi connectivity index (χ4v) is 3.46. The van der Waals surface area contributed by atoms with Crippen LogP contribution in [0.1, 0.15) is 26.2 Å². The summed E-state index contributed by atoms with van der Waals surface area (Å²) in [5.74, 6) is -2.01. The van der Waals surface area contributed by atoms with Crippen LogP contribution in [0.3, 0.4) is 0 Å². The van der Waals surface area contributed by atoms with E-state index in [0.717, 1.165) is 0 Å². The van der Waals surface area contributed by atoms with E-state index in [1.54, 1.807) is 6.92 Å². The lowest BCUT2D eigenvalue weighted by Crippen LogP contribution is -2.48. The van der Waals surface area contributed by atoms with Gasteiger partial charge in [-0.2, -0.15) is 0 Å². The number of hydrogen-bond donors (Lipinski definition) is 1. The van der Waals surface area contributed by atoms with Crippen LogP contribution in [0.5, 0.6) is 0 Å². The van der Waals surface area contributed by atoms with E-state index in [-0.39, 0.29) is 37.6 Å². The minimum absolute atomic E-state index is 0.0117. The smallest absolute Gasteiger partial charge is 0.319 e. The van der Waals surface area contributed by atoms with Crippen molar-refractivity contribution in [3.63, 3.8) is 0 Å². The lowest BCUT2D eigenvalue weighted by atomic mass is 9.79. The van der Waals surface area contributed by atoms with Crippen LogP contribution in [0.4, 0.5) is 0 Å². The Kier molecular flexibility index (Phi) is 4.86. The fourth-order valence-electron chi connectivity index (χ4n) is 1.97. The molecule has 7 heteroatoms. The molecule has 1 aliphatic rings. The second-order valence-electron chi connectivity index (χ2n) is 4.51. The molecule has 1 unspecified atom stereocenters. The van der Waals surface area contributed by atoms with Crippen molar-refractivity contribution in [2.45, 2.75) is 26.2 Å². The van der Waals surface area contributed by atoms with Gasteiger partial charge in [-0.15, -0.1) is 0 Å². The van der Waals surface area contributed by atoms with E-state index in [1.807, 2.05) is 0 Å².